The smallest absolute Gasteiger partial charge is 0.320 e. The van der Waals surface area contributed by atoms with Crippen LogP contribution in [0.1, 0.15) is 18.5 Å². The van der Waals surface area contributed by atoms with E-state index < -0.39 is 23.9 Å². The van der Waals surface area contributed by atoms with Crippen LogP contribution in [-0.2, 0) is 20.8 Å². The Hall–Kier alpha value is -2.42. The Morgan fingerprint density at radius 2 is 1.74 bits per heavy atom. The third kappa shape index (κ3) is 9.30. The Kier molecular flexibility index (Phi) is 7.54. The number of nitrogens with one attached hydrogen (secondary N) is 1. The van der Waals surface area contributed by atoms with Crippen molar-refractivity contribution in [1.82, 2.24) is 9.97 Å². The molecule has 1 aromatic heterocycles. The van der Waals surface area contributed by atoms with Gasteiger partial charge in [-0.25, -0.2) is 4.98 Å². The second kappa shape index (κ2) is 8.64. The number of nitrogens with zero attached hydrogens (tertiary/aromatic N) is 1. The number of carboxylic acids is 3. The first kappa shape index (κ1) is 16.6. The minimum Gasteiger partial charge on any atom is -0.481 e. The van der Waals surface area contributed by atoms with Crippen LogP contribution < -0.4 is 5.73 Å². The van der Waals surface area contributed by atoms with Crippen LogP contribution in [0.2, 0.25) is 0 Å². The molecule has 9 nitrogen and oxygen atoms in total. The monoisotopic (exact) mass is 273 g/mol. The number of hydrogen-bond acceptors (Lipinski definition) is 5. The van der Waals surface area contributed by atoms with Crippen LogP contribution >= 0.6 is 0 Å². The minimum absolute atomic E-state index is 0.287. The number of nitrogens with two attached hydrogens (primary N) is 1. The first-order valence-electron chi connectivity index (χ1n) is 5.22. The molecule has 0 aliphatic rings. The van der Waals surface area contributed by atoms with Gasteiger partial charge < -0.3 is 26.0 Å². The number of aromatic amines is 1. The van der Waals surface area contributed by atoms with E-state index in [2.05, 4.69) is 9.97 Å². The fraction of sp³-hybridized carbons (Fsp3) is 0.400. The van der Waals surface area contributed by atoms with Crippen molar-refractivity contribution in [2.24, 2.45) is 5.73 Å². The van der Waals surface area contributed by atoms with E-state index in [0.717, 1.165) is 5.69 Å². The number of hydrogen-bond donors (Lipinski definition) is 5. The van der Waals surface area contributed by atoms with Crippen LogP contribution in [0, 0.1) is 0 Å². The fourth-order valence-corrected chi connectivity index (χ4v) is 0.934. The van der Waals surface area contributed by atoms with E-state index in [1.165, 1.54) is 6.33 Å². The molecule has 0 radical (unpaired) electrons. The zero-order valence-electron chi connectivity index (χ0n) is 9.94. The molecule has 1 rings (SSSR count). The van der Waals surface area contributed by atoms with Gasteiger partial charge in [-0.15, -0.1) is 0 Å². The van der Waals surface area contributed by atoms with Crippen molar-refractivity contribution in [2.75, 3.05) is 0 Å². The second-order valence-corrected chi connectivity index (χ2v) is 3.51. The lowest BCUT2D eigenvalue weighted by molar-refractivity contribution is -0.143. The average molecular weight is 273 g/mol. The van der Waals surface area contributed by atoms with E-state index in [0.29, 0.717) is 0 Å². The lowest BCUT2D eigenvalue weighted by Crippen LogP contribution is -2.32. The van der Waals surface area contributed by atoms with Gasteiger partial charge in [0.25, 0.3) is 0 Å². The van der Waals surface area contributed by atoms with Gasteiger partial charge in [-0.1, -0.05) is 0 Å². The van der Waals surface area contributed by atoms with Crippen molar-refractivity contribution in [3.05, 3.63) is 18.2 Å². The molecule has 9 heteroatoms. The standard InChI is InChI=1S/C6H9N3O2.C4H6O4/c7-5(6(10)11)1-4-2-8-3-9-4;5-3(6)1-2-4(7)8/h2-3,5H,1,7H2,(H,8,9)(H,10,11);1-2H2,(H,5,6)(H,7,8)/t5-;/m0./s1. The summed E-state index contributed by atoms with van der Waals surface area (Å²) in [5.74, 6) is -3.15. The molecule has 0 aliphatic heterocycles. The summed E-state index contributed by atoms with van der Waals surface area (Å²) >= 11 is 0. The number of aliphatic carboxylic acids is 3. The van der Waals surface area contributed by atoms with Crippen molar-refractivity contribution < 1.29 is 29.7 Å². The van der Waals surface area contributed by atoms with Gasteiger partial charge in [-0.2, -0.15) is 0 Å². The van der Waals surface area contributed by atoms with Gasteiger partial charge in [0.15, 0.2) is 0 Å². The molecule has 0 aromatic carbocycles. The molecule has 0 fully saturated rings. The third-order valence-electron chi connectivity index (χ3n) is 1.86. The summed E-state index contributed by atoms with van der Waals surface area (Å²) in [6.45, 7) is 0. The molecule has 1 aromatic rings. The largest absolute Gasteiger partial charge is 0.481 e. The van der Waals surface area contributed by atoms with E-state index >= 15 is 0 Å². The Bertz CT molecular complexity index is 403. The molecule has 0 saturated carbocycles. The first-order valence-corrected chi connectivity index (χ1v) is 5.22. The van der Waals surface area contributed by atoms with Crippen molar-refractivity contribution >= 4 is 17.9 Å². The van der Waals surface area contributed by atoms with Crippen LogP contribution in [0.3, 0.4) is 0 Å². The van der Waals surface area contributed by atoms with Crippen molar-refractivity contribution in [2.45, 2.75) is 25.3 Å². The van der Waals surface area contributed by atoms with Crippen LogP contribution in [-0.4, -0.2) is 49.2 Å². The van der Waals surface area contributed by atoms with E-state index in [-0.39, 0.29) is 19.3 Å². The molecule has 106 valence electrons. The highest BCUT2D eigenvalue weighted by Crippen LogP contribution is 1.95. The van der Waals surface area contributed by atoms with Crippen LogP contribution in [0.5, 0.6) is 0 Å². The van der Waals surface area contributed by atoms with Crippen LogP contribution in [0.4, 0.5) is 0 Å². The normalized spacial score (nSPS) is 11.0. The summed E-state index contributed by atoms with van der Waals surface area (Å²) < 4.78 is 0. The fourth-order valence-electron chi connectivity index (χ4n) is 0.934. The number of rotatable bonds is 6. The summed E-state index contributed by atoms with van der Waals surface area (Å²) in [6, 6.07) is -0.851. The quantitative estimate of drug-likeness (QED) is 0.453. The molecule has 19 heavy (non-hydrogen) atoms. The number of carbonyl (C=O) groups is 3. The molecule has 0 bridgehead atoms. The highest BCUT2D eigenvalue weighted by Gasteiger charge is 2.12. The highest BCUT2D eigenvalue weighted by molar-refractivity contribution is 5.75. The van der Waals surface area contributed by atoms with E-state index in [9.17, 15) is 14.4 Å². The predicted octanol–water partition coefficient (Wildman–Crippen LogP) is -0.700. The van der Waals surface area contributed by atoms with Gasteiger partial charge in [0, 0.05) is 18.3 Å². The van der Waals surface area contributed by atoms with Gasteiger partial charge in [-0.05, 0) is 0 Å². The maximum Gasteiger partial charge on any atom is 0.320 e. The molecule has 0 amide bonds. The van der Waals surface area contributed by atoms with E-state index in [1.54, 1.807) is 6.20 Å². The summed E-state index contributed by atoms with van der Waals surface area (Å²) in [6.07, 6.45) is 2.74. The first-order chi connectivity index (χ1) is 8.82. The van der Waals surface area contributed by atoms with Crippen LogP contribution in [0.25, 0.3) is 0 Å². The molecular weight excluding hydrogens is 258 g/mol. The molecule has 0 aliphatic carbocycles. The topological polar surface area (TPSA) is 167 Å². The van der Waals surface area contributed by atoms with Gasteiger partial charge in [0.05, 0.1) is 19.2 Å². The number of H-pyrrole nitrogens is 1. The number of aromatic nitrogens is 2. The Balaban J connectivity index is 0.000000362. The predicted molar refractivity (Wildman–Crippen MR) is 62.4 cm³/mol. The zero-order valence-corrected chi connectivity index (χ0v) is 9.94. The van der Waals surface area contributed by atoms with Crippen LogP contribution in [0.15, 0.2) is 12.5 Å². The molecule has 0 spiro atoms. The number of carboxylic acid groups (broad SMARTS) is 3. The average Bonchev–Trinajstić information content (AvgIpc) is 2.80. The lowest BCUT2D eigenvalue weighted by atomic mass is 10.2. The Labute approximate surface area is 108 Å². The Morgan fingerprint density at radius 1 is 1.21 bits per heavy atom. The van der Waals surface area contributed by atoms with E-state index in [4.69, 9.17) is 21.1 Å². The van der Waals surface area contributed by atoms with Crippen molar-refractivity contribution in [1.29, 1.82) is 0 Å². The lowest BCUT2D eigenvalue weighted by Gasteiger charge is -2.02. The maximum absolute atomic E-state index is 10.3. The third-order valence-corrected chi connectivity index (χ3v) is 1.86. The Morgan fingerprint density at radius 3 is 2.05 bits per heavy atom. The van der Waals surface area contributed by atoms with Crippen molar-refractivity contribution in [3.8, 4) is 0 Å². The zero-order chi connectivity index (χ0) is 14.8. The molecule has 0 saturated heterocycles. The van der Waals surface area contributed by atoms with Gasteiger partial charge in [-0.3, -0.25) is 14.4 Å². The summed E-state index contributed by atoms with van der Waals surface area (Å²) in [5, 5.41) is 24.2. The summed E-state index contributed by atoms with van der Waals surface area (Å²) in [7, 11) is 0. The van der Waals surface area contributed by atoms with E-state index in [1.807, 2.05) is 0 Å². The summed E-state index contributed by atoms with van der Waals surface area (Å²) in [4.78, 5) is 36.0. The minimum atomic E-state index is -1.08. The molecule has 6 N–H and O–H groups in total. The highest BCUT2D eigenvalue weighted by atomic mass is 16.4. The molecule has 1 atom stereocenters. The SMILES string of the molecule is N[C@@H](Cc1cnc[nH]1)C(=O)O.O=C(O)CCC(=O)O. The molecule has 0 unspecified atom stereocenters. The second-order valence-electron chi connectivity index (χ2n) is 3.51. The number of imidazole rings is 1. The van der Waals surface area contributed by atoms with Gasteiger partial charge >= 0.3 is 17.9 Å². The maximum atomic E-state index is 10.3. The molecule has 1 heterocycles. The van der Waals surface area contributed by atoms with Gasteiger partial charge in [0.1, 0.15) is 6.04 Å². The molecular formula is C10H15N3O6. The van der Waals surface area contributed by atoms with Gasteiger partial charge in [0.2, 0.25) is 0 Å². The summed E-state index contributed by atoms with van der Waals surface area (Å²) in [5.41, 5.74) is 6.00. The van der Waals surface area contributed by atoms with Crippen molar-refractivity contribution in [3.63, 3.8) is 0 Å².